The highest BCUT2D eigenvalue weighted by Gasteiger charge is 2.54. The van der Waals surface area contributed by atoms with Gasteiger partial charge in [0.2, 0.25) is 0 Å². The summed E-state index contributed by atoms with van der Waals surface area (Å²) in [6.45, 7) is 12.4. The lowest BCUT2D eigenvalue weighted by molar-refractivity contribution is -0.0376. The smallest absolute Gasteiger partial charge is 0.0543 e. The molecule has 4 aliphatic rings. The lowest BCUT2D eigenvalue weighted by atomic mass is 9.48. The SMILES string of the molecule is CC(C)CCC[C@@H](C)[C@H]1C=CC2=C3CC[C@H]4C[C@@H](O)CC[C@]4(C)[C@H]3CC[C@@]21C. The Morgan fingerprint density at radius 2 is 1.86 bits per heavy atom. The molecule has 28 heavy (non-hydrogen) atoms. The molecule has 1 nitrogen and oxygen atoms in total. The molecule has 1 N–H and O–H groups in total. The van der Waals surface area contributed by atoms with Crippen molar-refractivity contribution < 1.29 is 5.11 Å². The third-order valence-electron chi connectivity index (χ3n) is 9.66. The van der Waals surface area contributed by atoms with Crippen molar-refractivity contribution in [2.24, 2.45) is 40.4 Å². The standard InChI is InChI=1S/C27H44O/c1-18(2)7-6-8-19(3)23-11-12-24-22-10-9-20-17-21(28)13-15-26(20,4)25(22)14-16-27(23,24)5/h11-12,18-21,23,25,28H,6-10,13-17H2,1-5H3/t19-,20+,21+,23-,25+,26+,27-/m1/s1. The van der Waals surface area contributed by atoms with Gasteiger partial charge in [0.1, 0.15) is 0 Å². The second kappa shape index (κ2) is 7.60. The first-order valence-electron chi connectivity index (χ1n) is 12.4. The van der Waals surface area contributed by atoms with Gasteiger partial charge in [-0.2, -0.15) is 0 Å². The molecule has 0 unspecified atom stereocenters. The van der Waals surface area contributed by atoms with Crippen molar-refractivity contribution in [2.45, 2.75) is 105 Å². The molecule has 0 spiro atoms. The molecule has 0 radical (unpaired) electrons. The number of hydrogen-bond acceptors (Lipinski definition) is 1. The van der Waals surface area contributed by atoms with Crippen LogP contribution in [0, 0.1) is 40.4 Å². The highest BCUT2D eigenvalue weighted by molar-refractivity contribution is 5.44. The van der Waals surface area contributed by atoms with E-state index >= 15 is 0 Å². The maximum absolute atomic E-state index is 10.2. The molecule has 7 atom stereocenters. The predicted molar refractivity (Wildman–Crippen MR) is 119 cm³/mol. The van der Waals surface area contributed by atoms with Gasteiger partial charge in [-0.05, 0) is 90.9 Å². The van der Waals surface area contributed by atoms with Gasteiger partial charge in [-0.3, -0.25) is 0 Å². The number of hydrogen-bond donors (Lipinski definition) is 1. The Labute approximate surface area is 174 Å². The van der Waals surface area contributed by atoms with E-state index in [9.17, 15) is 5.11 Å². The largest absolute Gasteiger partial charge is 0.393 e. The van der Waals surface area contributed by atoms with Crippen LogP contribution in [0.2, 0.25) is 0 Å². The van der Waals surface area contributed by atoms with Crippen molar-refractivity contribution in [3.8, 4) is 0 Å². The highest BCUT2D eigenvalue weighted by Crippen LogP contribution is 2.64. The molecule has 0 aromatic rings. The van der Waals surface area contributed by atoms with Crippen molar-refractivity contribution in [3.63, 3.8) is 0 Å². The normalized spacial score (nSPS) is 43.7. The zero-order valence-electron chi connectivity index (χ0n) is 19.1. The molecule has 0 heterocycles. The second-order valence-corrected chi connectivity index (χ2v) is 11.8. The number of aliphatic hydroxyl groups is 1. The summed E-state index contributed by atoms with van der Waals surface area (Å²) >= 11 is 0. The lowest BCUT2D eigenvalue weighted by Gasteiger charge is -2.56. The zero-order chi connectivity index (χ0) is 20.1. The van der Waals surface area contributed by atoms with Gasteiger partial charge in [-0.1, -0.05) is 71.6 Å². The van der Waals surface area contributed by atoms with Crippen molar-refractivity contribution in [3.05, 3.63) is 23.3 Å². The van der Waals surface area contributed by atoms with E-state index in [1.807, 2.05) is 5.57 Å². The third-order valence-corrected chi connectivity index (χ3v) is 9.66. The first-order valence-corrected chi connectivity index (χ1v) is 12.4. The van der Waals surface area contributed by atoms with Crippen molar-refractivity contribution in [2.75, 3.05) is 0 Å². The van der Waals surface area contributed by atoms with E-state index in [0.717, 1.165) is 42.4 Å². The molecule has 4 aliphatic carbocycles. The molecule has 0 amide bonds. The van der Waals surface area contributed by atoms with Crippen LogP contribution in [0.3, 0.4) is 0 Å². The molecule has 0 aliphatic heterocycles. The van der Waals surface area contributed by atoms with Gasteiger partial charge in [-0.25, -0.2) is 0 Å². The van der Waals surface area contributed by atoms with Crippen LogP contribution in [0.15, 0.2) is 23.3 Å². The molecule has 0 aromatic heterocycles. The van der Waals surface area contributed by atoms with E-state index in [4.69, 9.17) is 0 Å². The summed E-state index contributed by atoms with van der Waals surface area (Å²) in [5.41, 5.74) is 4.41. The molecule has 1 heteroatoms. The molecular weight excluding hydrogens is 340 g/mol. The lowest BCUT2D eigenvalue weighted by Crippen LogP contribution is -2.48. The highest BCUT2D eigenvalue weighted by atomic mass is 16.3. The monoisotopic (exact) mass is 384 g/mol. The summed E-state index contributed by atoms with van der Waals surface area (Å²) in [5, 5.41) is 10.2. The molecule has 4 rings (SSSR count). The first-order chi connectivity index (χ1) is 13.3. The molecule has 2 fully saturated rings. The zero-order valence-corrected chi connectivity index (χ0v) is 19.1. The van der Waals surface area contributed by atoms with Gasteiger partial charge in [-0.15, -0.1) is 0 Å². The van der Waals surface area contributed by atoms with Crippen molar-refractivity contribution >= 4 is 0 Å². The quantitative estimate of drug-likeness (QED) is 0.527. The van der Waals surface area contributed by atoms with Crippen molar-refractivity contribution in [1.82, 2.24) is 0 Å². The Morgan fingerprint density at radius 3 is 2.61 bits per heavy atom. The molecule has 0 bridgehead atoms. The number of allylic oxidation sites excluding steroid dienone is 4. The Hall–Kier alpha value is -0.560. The van der Waals surface area contributed by atoms with Gasteiger partial charge >= 0.3 is 0 Å². The summed E-state index contributed by atoms with van der Waals surface area (Å²) in [6, 6.07) is 0. The molecule has 0 saturated heterocycles. The minimum atomic E-state index is -0.0384. The van der Waals surface area contributed by atoms with Crippen LogP contribution in [0.4, 0.5) is 0 Å². The Balaban J connectivity index is 1.55. The average Bonchev–Trinajstić information content (AvgIpc) is 2.99. The molecular formula is C27H44O. The minimum absolute atomic E-state index is 0.0384. The van der Waals surface area contributed by atoms with Crippen LogP contribution in [0.1, 0.15) is 98.8 Å². The fraction of sp³-hybridized carbons (Fsp3) is 0.852. The van der Waals surface area contributed by atoms with E-state index in [-0.39, 0.29) is 6.10 Å². The fourth-order valence-electron chi connectivity index (χ4n) is 7.88. The average molecular weight is 385 g/mol. The fourth-order valence-corrected chi connectivity index (χ4v) is 7.88. The predicted octanol–water partition coefficient (Wildman–Crippen LogP) is 7.31. The topological polar surface area (TPSA) is 20.2 Å². The maximum Gasteiger partial charge on any atom is 0.0543 e. The van der Waals surface area contributed by atoms with Gasteiger partial charge in [0.25, 0.3) is 0 Å². The number of rotatable bonds is 5. The van der Waals surface area contributed by atoms with Gasteiger partial charge < -0.3 is 5.11 Å². The Kier molecular flexibility index (Phi) is 5.62. The minimum Gasteiger partial charge on any atom is -0.393 e. The summed E-state index contributed by atoms with van der Waals surface area (Å²) in [6.07, 6.45) is 17.9. The molecule has 158 valence electrons. The third kappa shape index (κ3) is 3.34. The maximum atomic E-state index is 10.2. The first kappa shape index (κ1) is 20.7. The van der Waals surface area contributed by atoms with E-state index in [1.165, 1.54) is 51.4 Å². The van der Waals surface area contributed by atoms with E-state index < -0.39 is 0 Å². The van der Waals surface area contributed by atoms with Crippen LogP contribution >= 0.6 is 0 Å². The van der Waals surface area contributed by atoms with Crippen LogP contribution in [-0.2, 0) is 0 Å². The van der Waals surface area contributed by atoms with E-state index in [2.05, 4.69) is 46.8 Å². The summed E-state index contributed by atoms with van der Waals surface area (Å²) in [4.78, 5) is 0. The van der Waals surface area contributed by atoms with E-state index in [1.54, 1.807) is 5.57 Å². The number of aliphatic hydroxyl groups excluding tert-OH is 1. The second-order valence-electron chi connectivity index (χ2n) is 11.8. The Bertz CT molecular complexity index is 643. The van der Waals surface area contributed by atoms with Gasteiger partial charge in [0.15, 0.2) is 0 Å². The van der Waals surface area contributed by atoms with Crippen molar-refractivity contribution in [1.29, 1.82) is 0 Å². The molecule has 2 saturated carbocycles. The van der Waals surface area contributed by atoms with E-state index in [0.29, 0.717) is 10.8 Å². The molecule has 0 aromatic carbocycles. The summed E-state index contributed by atoms with van der Waals surface area (Å²) < 4.78 is 0. The van der Waals surface area contributed by atoms with Crippen LogP contribution in [0.25, 0.3) is 0 Å². The van der Waals surface area contributed by atoms with Crippen LogP contribution < -0.4 is 0 Å². The van der Waals surface area contributed by atoms with Crippen LogP contribution in [-0.4, -0.2) is 11.2 Å². The summed E-state index contributed by atoms with van der Waals surface area (Å²) in [5.74, 6) is 3.89. The number of fused-ring (bicyclic) bond motifs is 4. The Morgan fingerprint density at radius 1 is 1.07 bits per heavy atom. The summed E-state index contributed by atoms with van der Waals surface area (Å²) in [7, 11) is 0. The van der Waals surface area contributed by atoms with Gasteiger partial charge in [0.05, 0.1) is 6.10 Å². The van der Waals surface area contributed by atoms with Gasteiger partial charge in [0, 0.05) is 0 Å². The van der Waals surface area contributed by atoms with Crippen LogP contribution in [0.5, 0.6) is 0 Å².